The van der Waals surface area contributed by atoms with Crippen LogP contribution in [0, 0.1) is 12.3 Å². The van der Waals surface area contributed by atoms with E-state index in [9.17, 15) is 14.7 Å². The number of carbonyl (C=O) groups is 2. The third kappa shape index (κ3) is 3.86. The topological polar surface area (TPSA) is 78.7 Å². The molecule has 3 rings (SSSR count). The van der Waals surface area contributed by atoms with Crippen LogP contribution >= 0.6 is 0 Å². The van der Waals surface area contributed by atoms with Crippen molar-refractivity contribution in [3.63, 3.8) is 0 Å². The summed E-state index contributed by atoms with van der Waals surface area (Å²) < 4.78 is 2.17. The number of rotatable bonds is 5. The van der Waals surface area contributed by atoms with E-state index in [1.807, 2.05) is 19.3 Å². The molecule has 7 heteroatoms. The number of aromatic nitrogens is 2. The number of carboxylic acid groups (broad SMARTS) is 1. The number of hydrogen-bond acceptors (Lipinski definition) is 4. The lowest BCUT2D eigenvalue weighted by molar-refractivity contribution is -0.147. The average Bonchev–Trinajstić information content (AvgIpc) is 3.14. The third-order valence-electron chi connectivity index (χ3n) is 5.91. The molecule has 1 aromatic heterocycles. The zero-order valence-corrected chi connectivity index (χ0v) is 15.1. The van der Waals surface area contributed by atoms with Gasteiger partial charge in [0, 0.05) is 32.4 Å². The Kier molecular flexibility index (Phi) is 5.13. The number of carbonyl (C=O) groups excluding carboxylic acids is 1. The summed E-state index contributed by atoms with van der Waals surface area (Å²) in [6.07, 6.45) is 7.49. The van der Waals surface area contributed by atoms with Crippen LogP contribution in [0.25, 0.3) is 0 Å². The monoisotopic (exact) mass is 348 g/mol. The molecule has 0 radical (unpaired) electrons. The molecule has 2 saturated heterocycles. The van der Waals surface area contributed by atoms with Crippen LogP contribution in [-0.2, 0) is 16.1 Å². The van der Waals surface area contributed by atoms with E-state index in [2.05, 4.69) is 14.5 Å². The lowest BCUT2D eigenvalue weighted by Gasteiger charge is -2.39. The predicted molar refractivity (Wildman–Crippen MR) is 93.1 cm³/mol. The Morgan fingerprint density at radius 2 is 2.04 bits per heavy atom. The van der Waals surface area contributed by atoms with Crippen molar-refractivity contribution >= 4 is 11.9 Å². The molecule has 1 spiro atoms. The first-order valence-electron chi connectivity index (χ1n) is 9.10. The van der Waals surface area contributed by atoms with Gasteiger partial charge in [-0.2, -0.15) is 0 Å². The van der Waals surface area contributed by atoms with Gasteiger partial charge in [-0.15, -0.1) is 0 Å². The van der Waals surface area contributed by atoms with Crippen molar-refractivity contribution in [2.24, 2.45) is 5.41 Å². The van der Waals surface area contributed by atoms with Crippen LogP contribution in [0.2, 0.25) is 0 Å². The lowest BCUT2D eigenvalue weighted by Crippen LogP contribution is -2.42. The van der Waals surface area contributed by atoms with Gasteiger partial charge in [0.15, 0.2) is 0 Å². The Morgan fingerprint density at radius 1 is 1.32 bits per heavy atom. The number of piperidine rings is 1. The molecule has 0 aliphatic carbocycles. The van der Waals surface area contributed by atoms with E-state index in [4.69, 9.17) is 0 Å². The second kappa shape index (κ2) is 7.15. The summed E-state index contributed by atoms with van der Waals surface area (Å²) in [6.45, 7) is 8.09. The number of nitrogens with zero attached hydrogens (tertiary/aromatic N) is 4. The van der Waals surface area contributed by atoms with Crippen LogP contribution < -0.4 is 0 Å². The summed E-state index contributed by atoms with van der Waals surface area (Å²) in [5.74, 6) is 0.0557. The number of likely N-dealkylation sites (tertiary alicyclic amines) is 2. The minimum atomic E-state index is -0.870. The molecule has 2 fully saturated rings. The van der Waals surface area contributed by atoms with Crippen molar-refractivity contribution in [1.29, 1.82) is 0 Å². The van der Waals surface area contributed by atoms with Gasteiger partial charge in [-0.05, 0) is 57.7 Å². The SMILES string of the molecule is CC(=O)N1CC2(CCN(CCCn3ccnc3C)CC2)C[C@@H]1C(=O)O. The van der Waals surface area contributed by atoms with Crippen LogP contribution in [0.4, 0.5) is 0 Å². The molecule has 3 heterocycles. The summed E-state index contributed by atoms with van der Waals surface area (Å²) >= 11 is 0. The zero-order valence-electron chi connectivity index (χ0n) is 15.1. The highest BCUT2D eigenvalue weighted by Gasteiger charge is 2.48. The summed E-state index contributed by atoms with van der Waals surface area (Å²) in [5, 5.41) is 9.42. The molecule has 1 atom stereocenters. The van der Waals surface area contributed by atoms with E-state index >= 15 is 0 Å². The van der Waals surface area contributed by atoms with Crippen molar-refractivity contribution < 1.29 is 14.7 Å². The molecule has 138 valence electrons. The van der Waals surface area contributed by atoms with Crippen molar-refractivity contribution in [3.8, 4) is 0 Å². The van der Waals surface area contributed by atoms with Gasteiger partial charge in [-0.3, -0.25) is 4.79 Å². The fraction of sp³-hybridized carbons (Fsp3) is 0.722. The second-order valence-electron chi connectivity index (χ2n) is 7.57. The van der Waals surface area contributed by atoms with E-state index < -0.39 is 12.0 Å². The molecule has 0 aromatic carbocycles. The van der Waals surface area contributed by atoms with Gasteiger partial charge in [0.25, 0.3) is 0 Å². The Balaban J connectivity index is 1.49. The molecule has 1 N–H and O–H groups in total. The highest BCUT2D eigenvalue weighted by atomic mass is 16.4. The standard InChI is InChI=1S/C18H28N4O3/c1-14-19-6-11-21(14)8-3-7-20-9-4-18(5-10-20)12-16(17(24)25)22(13-18)15(2)23/h6,11,16H,3-5,7-10,12-13H2,1-2H3,(H,24,25)/t16-/m1/s1. The Morgan fingerprint density at radius 3 is 2.56 bits per heavy atom. The zero-order chi connectivity index (χ0) is 18.0. The molecule has 1 aromatic rings. The van der Waals surface area contributed by atoms with Crippen LogP contribution in [0.15, 0.2) is 12.4 Å². The van der Waals surface area contributed by atoms with E-state index in [0.29, 0.717) is 13.0 Å². The maximum Gasteiger partial charge on any atom is 0.326 e. The minimum absolute atomic E-state index is 0.00778. The molecule has 0 unspecified atom stereocenters. The van der Waals surface area contributed by atoms with Crippen molar-refractivity contribution in [3.05, 3.63) is 18.2 Å². The summed E-state index contributed by atoms with van der Waals surface area (Å²) in [6, 6.07) is -0.645. The summed E-state index contributed by atoms with van der Waals surface area (Å²) in [4.78, 5) is 31.5. The van der Waals surface area contributed by atoms with Gasteiger partial charge in [0.05, 0.1) is 0 Å². The van der Waals surface area contributed by atoms with Gasteiger partial charge >= 0.3 is 5.97 Å². The fourth-order valence-corrected chi connectivity index (χ4v) is 4.33. The first kappa shape index (κ1) is 17.9. The molecule has 2 aliphatic rings. The highest BCUT2D eigenvalue weighted by Crippen LogP contribution is 2.43. The van der Waals surface area contributed by atoms with Crippen LogP contribution in [0.5, 0.6) is 0 Å². The summed E-state index contributed by atoms with van der Waals surface area (Å²) in [7, 11) is 0. The Hall–Kier alpha value is -1.89. The largest absolute Gasteiger partial charge is 0.480 e. The predicted octanol–water partition coefficient (Wildman–Crippen LogP) is 1.37. The number of imidazole rings is 1. The number of aryl methyl sites for hydroxylation is 2. The Bertz CT molecular complexity index is 610. The van der Waals surface area contributed by atoms with E-state index in [1.54, 1.807) is 4.90 Å². The quantitative estimate of drug-likeness (QED) is 0.869. The summed E-state index contributed by atoms with van der Waals surface area (Å²) in [5.41, 5.74) is -0.00778. The highest BCUT2D eigenvalue weighted by molar-refractivity contribution is 5.83. The number of amides is 1. The van der Waals surface area contributed by atoms with E-state index in [1.165, 1.54) is 6.92 Å². The molecular weight excluding hydrogens is 320 g/mol. The first-order chi connectivity index (χ1) is 11.9. The average molecular weight is 348 g/mol. The van der Waals surface area contributed by atoms with Gasteiger partial charge in [0.1, 0.15) is 11.9 Å². The normalized spacial score (nSPS) is 23.3. The maximum atomic E-state index is 11.8. The van der Waals surface area contributed by atoms with E-state index in [-0.39, 0.29) is 11.3 Å². The first-order valence-corrected chi connectivity index (χ1v) is 9.10. The number of hydrogen-bond donors (Lipinski definition) is 1. The molecule has 2 aliphatic heterocycles. The van der Waals surface area contributed by atoms with Gasteiger partial charge in [0.2, 0.25) is 5.91 Å². The lowest BCUT2D eigenvalue weighted by atomic mass is 9.76. The molecule has 7 nitrogen and oxygen atoms in total. The van der Waals surface area contributed by atoms with Crippen molar-refractivity contribution in [2.75, 3.05) is 26.2 Å². The molecule has 0 bridgehead atoms. The van der Waals surface area contributed by atoms with Crippen molar-refractivity contribution in [2.45, 2.75) is 52.1 Å². The minimum Gasteiger partial charge on any atom is -0.480 e. The molecule has 1 amide bonds. The molecule has 0 saturated carbocycles. The molecular formula is C18H28N4O3. The van der Waals surface area contributed by atoms with Gasteiger partial charge in [-0.1, -0.05) is 0 Å². The second-order valence-corrected chi connectivity index (χ2v) is 7.57. The number of carboxylic acids is 1. The van der Waals surface area contributed by atoms with Gasteiger partial charge < -0.3 is 19.5 Å². The van der Waals surface area contributed by atoms with Crippen LogP contribution in [0.3, 0.4) is 0 Å². The number of aliphatic carboxylic acids is 1. The van der Waals surface area contributed by atoms with Crippen molar-refractivity contribution in [1.82, 2.24) is 19.4 Å². The fourth-order valence-electron chi connectivity index (χ4n) is 4.33. The van der Waals surface area contributed by atoms with E-state index in [0.717, 1.165) is 51.3 Å². The van der Waals surface area contributed by atoms with Gasteiger partial charge in [-0.25, -0.2) is 9.78 Å². The maximum absolute atomic E-state index is 11.8. The molecule has 25 heavy (non-hydrogen) atoms. The van der Waals surface area contributed by atoms with Crippen LogP contribution in [-0.4, -0.2) is 68.6 Å². The van der Waals surface area contributed by atoms with Crippen LogP contribution in [0.1, 0.15) is 38.4 Å². The Labute approximate surface area is 148 Å². The smallest absolute Gasteiger partial charge is 0.326 e. The third-order valence-corrected chi connectivity index (χ3v) is 5.91.